The predicted octanol–water partition coefficient (Wildman–Crippen LogP) is 1.37. The van der Waals surface area contributed by atoms with E-state index in [9.17, 15) is 17.2 Å². The Bertz CT molecular complexity index is 312. The summed E-state index contributed by atoms with van der Waals surface area (Å²) in [6, 6.07) is -0.871. The molecule has 0 saturated heterocycles. The molecule has 1 aliphatic rings. The van der Waals surface area contributed by atoms with Gasteiger partial charge < -0.3 is 5.73 Å². The van der Waals surface area contributed by atoms with E-state index in [1.54, 1.807) is 0 Å². The maximum atomic E-state index is 12.9. The molecule has 1 fully saturated rings. The zero-order valence-corrected chi connectivity index (χ0v) is 9.01. The molecule has 1 saturated carbocycles. The van der Waals surface area contributed by atoms with Gasteiger partial charge in [0.05, 0.1) is 0 Å². The minimum atomic E-state index is -5.34. The predicted molar refractivity (Wildman–Crippen MR) is 51.0 cm³/mol. The van der Waals surface area contributed by atoms with E-state index < -0.39 is 27.8 Å². The van der Waals surface area contributed by atoms with E-state index in [1.165, 1.54) is 0 Å². The molecule has 3 N–H and O–H groups in total. The molecule has 0 aromatic carbocycles. The summed E-state index contributed by atoms with van der Waals surface area (Å²) in [4.78, 5) is 0. The van der Waals surface area contributed by atoms with Crippen molar-refractivity contribution in [2.45, 2.75) is 43.4 Å². The molecule has 0 bridgehead atoms. The first-order chi connectivity index (χ1) is 6.74. The molecule has 0 spiro atoms. The minimum absolute atomic E-state index is 0.0578. The van der Waals surface area contributed by atoms with Crippen molar-refractivity contribution in [1.82, 2.24) is 0 Å². The monoisotopic (exact) mass is 243 g/mol. The summed E-state index contributed by atoms with van der Waals surface area (Å²) in [6.07, 6.45) is 2.38. The maximum absolute atomic E-state index is 12.9. The summed E-state index contributed by atoms with van der Waals surface area (Å²) >= 11 is 0. The van der Waals surface area contributed by atoms with Gasteiger partial charge in [-0.25, -0.2) is 0 Å². The minimum Gasteiger partial charge on any atom is -0.327 e. The smallest absolute Gasteiger partial charge is 0.327 e. The zero-order valence-electron chi connectivity index (χ0n) is 8.20. The Kier molecular flexibility index (Phi) is 3.67. The van der Waals surface area contributed by atoms with Crippen LogP contribution in [0, 0.1) is 5.92 Å². The van der Waals surface area contributed by atoms with Gasteiger partial charge in [-0.3, -0.25) is 4.55 Å². The first-order valence-electron chi connectivity index (χ1n) is 4.84. The van der Waals surface area contributed by atoms with Crippen LogP contribution in [-0.2, 0) is 10.1 Å². The highest BCUT2D eigenvalue weighted by atomic mass is 32.2. The first kappa shape index (κ1) is 12.8. The molecule has 0 aromatic rings. The summed E-state index contributed by atoms with van der Waals surface area (Å²) in [5, 5.41) is -4.13. The SMILES string of the molecule is NC(CC(F)(F)S(=O)(=O)O)C1CCCC1. The van der Waals surface area contributed by atoms with E-state index in [0.717, 1.165) is 25.7 Å². The van der Waals surface area contributed by atoms with Gasteiger partial charge in [0.25, 0.3) is 0 Å². The standard InChI is InChI=1S/C8H15F2NO3S/c9-8(10,15(12,13)14)5-7(11)6-3-1-2-4-6/h6-7H,1-5,11H2,(H,12,13,14). The summed E-state index contributed by atoms with van der Waals surface area (Å²) in [5.41, 5.74) is 5.51. The second-order valence-electron chi connectivity index (χ2n) is 4.02. The molecule has 0 aliphatic heterocycles. The highest BCUT2D eigenvalue weighted by Crippen LogP contribution is 2.33. The molecule has 1 atom stereocenters. The number of halogens is 2. The first-order valence-corrected chi connectivity index (χ1v) is 6.28. The number of rotatable bonds is 4. The van der Waals surface area contributed by atoms with E-state index in [2.05, 4.69) is 0 Å². The lowest BCUT2D eigenvalue weighted by Gasteiger charge is -2.22. The average Bonchev–Trinajstić information content (AvgIpc) is 2.51. The van der Waals surface area contributed by atoms with Crippen molar-refractivity contribution < 1.29 is 21.8 Å². The van der Waals surface area contributed by atoms with Crippen LogP contribution in [0.4, 0.5) is 8.78 Å². The molecule has 90 valence electrons. The van der Waals surface area contributed by atoms with Crippen molar-refractivity contribution in [2.24, 2.45) is 11.7 Å². The molecule has 1 aliphatic carbocycles. The molecule has 15 heavy (non-hydrogen) atoms. The molecule has 7 heteroatoms. The summed E-state index contributed by atoms with van der Waals surface area (Å²) in [5.74, 6) is -0.0578. The third-order valence-corrected chi connectivity index (χ3v) is 3.78. The van der Waals surface area contributed by atoms with E-state index >= 15 is 0 Å². The van der Waals surface area contributed by atoms with Crippen molar-refractivity contribution in [3.8, 4) is 0 Å². The lowest BCUT2D eigenvalue weighted by molar-refractivity contribution is 0.0570. The normalized spacial score (nSPS) is 21.9. The molecular weight excluding hydrogens is 228 g/mol. The lowest BCUT2D eigenvalue weighted by atomic mass is 9.96. The Morgan fingerprint density at radius 3 is 2.27 bits per heavy atom. The van der Waals surface area contributed by atoms with Gasteiger partial charge in [-0.15, -0.1) is 0 Å². The summed E-state index contributed by atoms with van der Waals surface area (Å²) in [7, 11) is -5.34. The topological polar surface area (TPSA) is 80.4 Å². The van der Waals surface area contributed by atoms with Gasteiger partial charge in [0.15, 0.2) is 0 Å². The third kappa shape index (κ3) is 3.09. The van der Waals surface area contributed by atoms with E-state index in [-0.39, 0.29) is 5.92 Å². The number of hydrogen-bond acceptors (Lipinski definition) is 3. The fourth-order valence-electron chi connectivity index (χ4n) is 1.93. The van der Waals surface area contributed by atoms with Gasteiger partial charge in [0, 0.05) is 12.5 Å². The average molecular weight is 243 g/mol. The molecular formula is C8H15F2NO3S. The van der Waals surface area contributed by atoms with Crippen LogP contribution >= 0.6 is 0 Å². The second-order valence-corrected chi connectivity index (χ2v) is 5.57. The number of alkyl halides is 2. The van der Waals surface area contributed by atoms with Crippen LogP contribution in [-0.4, -0.2) is 24.3 Å². The fraction of sp³-hybridized carbons (Fsp3) is 1.00. The van der Waals surface area contributed by atoms with E-state index in [4.69, 9.17) is 10.3 Å². The van der Waals surface area contributed by atoms with Gasteiger partial charge in [-0.1, -0.05) is 12.8 Å². The van der Waals surface area contributed by atoms with Crippen molar-refractivity contribution in [3.63, 3.8) is 0 Å². The van der Waals surface area contributed by atoms with Crippen LogP contribution in [0.15, 0.2) is 0 Å². The molecule has 0 aromatic heterocycles. The fourth-order valence-corrected chi connectivity index (χ4v) is 2.33. The van der Waals surface area contributed by atoms with Gasteiger partial charge in [-0.05, 0) is 18.8 Å². The van der Waals surface area contributed by atoms with Crippen molar-refractivity contribution in [3.05, 3.63) is 0 Å². The number of hydrogen-bond donors (Lipinski definition) is 2. The van der Waals surface area contributed by atoms with E-state index in [1.807, 2.05) is 0 Å². The van der Waals surface area contributed by atoms with Crippen LogP contribution < -0.4 is 5.73 Å². The molecule has 0 radical (unpaired) electrons. The quantitative estimate of drug-likeness (QED) is 0.731. The number of nitrogens with two attached hydrogens (primary N) is 1. The van der Waals surface area contributed by atoms with Crippen LogP contribution in [0.2, 0.25) is 0 Å². The molecule has 4 nitrogen and oxygen atoms in total. The van der Waals surface area contributed by atoms with Gasteiger partial charge in [-0.2, -0.15) is 17.2 Å². The Hall–Kier alpha value is -0.270. The van der Waals surface area contributed by atoms with Gasteiger partial charge in [0.1, 0.15) is 0 Å². The Labute approximate surface area is 87.6 Å². The Morgan fingerprint density at radius 2 is 1.87 bits per heavy atom. The highest BCUT2D eigenvalue weighted by Gasteiger charge is 2.46. The van der Waals surface area contributed by atoms with Crippen molar-refractivity contribution in [2.75, 3.05) is 0 Å². The lowest BCUT2D eigenvalue weighted by Crippen LogP contribution is -2.39. The van der Waals surface area contributed by atoms with Gasteiger partial charge >= 0.3 is 15.4 Å². The Balaban J connectivity index is 2.60. The third-order valence-electron chi connectivity index (χ3n) is 2.86. The molecule has 1 rings (SSSR count). The highest BCUT2D eigenvalue weighted by molar-refractivity contribution is 7.86. The second kappa shape index (κ2) is 4.31. The van der Waals surface area contributed by atoms with Crippen molar-refractivity contribution in [1.29, 1.82) is 0 Å². The van der Waals surface area contributed by atoms with E-state index in [0.29, 0.717) is 0 Å². The Morgan fingerprint density at radius 1 is 1.40 bits per heavy atom. The van der Waals surface area contributed by atoms with Crippen LogP contribution in [0.3, 0.4) is 0 Å². The van der Waals surface area contributed by atoms with Crippen LogP contribution in [0.5, 0.6) is 0 Å². The maximum Gasteiger partial charge on any atom is 0.371 e. The summed E-state index contributed by atoms with van der Waals surface area (Å²) < 4.78 is 54.8. The molecule has 0 amide bonds. The zero-order chi connectivity index (χ0) is 11.7. The van der Waals surface area contributed by atoms with Crippen LogP contribution in [0.25, 0.3) is 0 Å². The van der Waals surface area contributed by atoms with Gasteiger partial charge in [0.2, 0.25) is 0 Å². The molecule has 0 heterocycles. The van der Waals surface area contributed by atoms with Crippen LogP contribution in [0.1, 0.15) is 32.1 Å². The molecule has 1 unspecified atom stereocenters. The summed E-state index contributed by atoms with van der Waals surface area (Å²) in [6.45, 7) is 0. The van der Waals surface area contributed by atoms with Crippen molar-refractivity contribution >= 4 is 10.1 Å². The largest absolute Gasteiger partial charge is 0.371 e.